The molecule has 4 heteroatoms. The minimum atomic E-state index is -0.372. The Labute approximate surface area is 157 Å². The van der Waals surface area contributed by atoms with Gasteiger partial charge in [-0.1, -0.05) is 60.7 Å². The molecule has 0 aliphatic heterocycles. The summed E-state index contributed by atoms with van der Waals surface area (Å²) < 4.78 is 12.6. The summed E-state index contributed by atoms with van der Waals surface area (Å²) in [7, 11) is 1.63. The highest BCUT2D eigenvalue weighted by Crippen LogP contribution is 2.32. The van der Waals surface area contributed by atoms with Crippen LogP contribution in [-0.4, -0.2) is 11.7 Å². The van der Waals surface area contributed by atoms with Crippen molar-refractivity contribution >= 4 is 0 Å². The van der Waals surface area contributed by atoms with Crippen molar-refractivity contribution < 1.29 is 9.15 Å². The van der Waals surface area contributed by atoms with Gasteiger partial charge >= 0.3 is 5.76 Å². The van der Waals surface area contributed by atoms with Gasteiger partial charge in [-0.25, -0.2) is 4.79 Å². The first-order chi connectivity index (χ1) is 13.3. The Morgan fingerprint density at radius 3 is 2.07 bits per heavy atom. The Bertz CT molecular complexity index is 1080. The van der Waals surface area contributed by atoms with Crippen molar-refractivity contribution in [1.29, 1.82) is 0 Å². The van der Waals surface area contributed by atoms with Gasteiger partial charge in [-0.2, -0.15) is 0 Å². The monoisotopic (exact) mass is 357 g/mol. The SMILES string of the molecule is COc1ccc(-c2c(-c3ccccc3)oc(=O)n2Cc2ccccc2)cc1. The first-order valence-corrected chi connectivity index (χ1v) is 8.73. The lowest BCUT2D eigenvalue weighted by Gasteiger charge is -2.09. The summed E-state index contributed by atoms with van der Waals surface area (Å²) in [5, 5.41) is 0. The summed E-state index contributed by atoms with van der Waals surface area (Å²) >= 11 is 0. The van der Waals surface area contributed by atoms with Gasteiger partial charge in [0.2, 0.25) is 0 Å². The first kappa shape index (κ1) is 16.9. The molecule has 3 aromatic carbocycles. The fourth-order valence-electron chi connectivity index (χ4n) is 3.14. The molecule has 4 aromatic rings. The Morgan fingerprint density at radius 1 is 0.815 bits per heavy atom. The van der Waals surface area contributed by atoms with Crippen LogP contribution in [0.4, 0.5) is 0 Å². The molecule has 27 heavy (non-hydrogen) atoms. The van der Waals surface area contributed by atoms with Crippen molar-refractivity contribution in [3.8, 4) is 28.3 Å². The molecule has 134 valence electrons. The molecular formula is C23H19NO3. The van der Waals surface area contributed by atoms with Gasteiger partial charge in [0.1, 0.15) is 5.75 Å². The van der Waals surface area contributed by atoms with Crippen LogP contribution in [-0.2, 0) is 6.54 Å². The fraction of sp³-hybridized carbons (Fsp3) is 0.0870. The van der Waals surface area contributed by atoms with Crippen LogP contribution in [0.5, 0.6) is 5.75 Å². The molecule has 4 rings (SSSR count). The van der Waals surface area contributed by atoms with Crippen molar-refractivity contribution in [3.63, 3.8) is 0 Å². The molecule has 0 unspecified atom stereocenters. The molecule has 0 aliphatic carbocycles. The van der Waals surface area contributed by atoms with Crippen molar-refractivity contribution in [2.75, 3.05) is 7.11 Å². The molecule has 1 aromatic heterocycles. The minimum Gasteiger partial charge on any atom is -0.497 e. The topological polar surface area (TPSA) is 44.4 Å². The maximum atomic E-state index is 12.7. The number of benzene rings is 3. The van der Waals surface area contributed by atoms with E-state index in [1.165, 1.54) is 0 Å². The third-order valence-corrected chi connectivity index (χ3v) is 4.48. The molecule has 0 saturated carbocycles. The summed E-state index contributed by atoms with van der Waals surface area (Å²) in [5.41, 5.74) is 3.57. The second-order valence-electron chi connectivity index (χ2n) is 6.21. The van der Waals surface area contributed by atoms with E-state index in [0.717, 1.165) is 28.1 Å². The maximum absolute atomic E-state index is 12.7. The van der Waals surface area contributed by atoms with Crippen molar-refractivity contribution in [1.82, 2.24) is 4.57 Å². The smallest absolute Gasteiger partial charge is 0.420 e. The molecule has 0 bridgehead atoms. The molecule has 0 aliphatic rings. The predicted octanol–water partition coefficient (Wildman–Crippen LogP) is 4.83. The molecule has 0 spiro atoms. The molecule has 4 nitrogen and oxygen atoms in total. The van der Waals surface area contributed by atoms with Crippen LogP contribution in [0.25, 0.3) is 22.6 Å². The van der Waals surface area contributed by atoms with Gasteiger partial charge in [0, 0.05) is 11.1 Å². The Kier molecular flexibility index (Phi) is 4.62. The summed E-state index contributed by atoms with van der Waals surface area (Å²) in [6, 6.07) is 27.2. The minimum absolute atomic E-state index is 0.372. The van der Waals surface area contributed by atoms with Crippen molar-refractivity contribution in [2.45, 2.75) is 6.54 Å². The molecule has 0 amide bonds. The zero-order valence-corrected chi connectivity index (χ0v) is 15.0. The van der Waals surface area contributed by atoms with E-state index in [-0.39, 0.29) is 5.76 Å². The van der Waals surface area contributed by atoms with Crippen LogP contribution in [0.2, 0.25) is 0 Å². The number of hydrogen-bond donors (Lipinski definition) is 0. The molecule has 0 fully saturated rings. The summed E-state index contributed by atoms with van der Waals surface area (Å²) in [6.45, 7) is 0.442. The zero-order valence-electron chi connectivity index (χ0n) is 15.0. The maximum Gasteiger partial charge on any atom is 0.420 e. The summed E-state index contributed by atoms with van der Waals surface area (Å²) in [6.07, 6.45) is 0. The lowest BCUT2D eigenvalue weighted by molar-refractivity contribution is 0.415. The normalized spacial score (nSPS) is 10.7. The third-order valence-electron chi connectivity index (χ3n) is 4.48. The Balaban J connectivity index is 1.90. The number of methoxy groups -OCH3 is 1. The van der Waals surface area contributed by atoms with Crippen LogP contribution < -0.4 is 10.5 Å². The zero-order chi connectivity index (χ0) is 18.6. The first-order valence-electron chi connectivity index (χ1n) is 8.73. The van der Waals surface area contributed by atoms with Crippen molar-refractivity contribution in [3.05, 3.63) is 101 Å². The number of rotatable bonds is 5. The van der Waals surface area contributed by atoms with Gasteiger partial charge in [-0.3, -0.25) is 4.57 Å². The van der Waals surface area contributed by atoms with Crippen LogP contribution in [0.1, 0.15) is 5.56 Å². The number of ether oxygens (including phenoxy) is 1. The molecule has 0 N–H and O–H groups in total. The predicted molar refractivity (Wildman–Crippen MR) is 106 cm³/mol. The summed E-state index contributed by atoms with van der Waals surface area (Å²) in [4.78, 5) is 12.7. The van der Waals surface area contributed by atoms with E-state index < -0.39 is 0 Å². The van der Waals surface area contributed by atoms with Gasteiger partial charge in [0.05, 0.1) is 19.3 Å². The number of aromatic nitrogens is 1. The van der Waals surface area contributed by atoms with E-state index in [4.69, 9.17) is 9.15 Å². The highest BCUT2D eigenvalue weighted by atomic mass is 16.5. The lowest BCUT2D eigenvalue weighted by Crippen LogP contribution is -2.16. The van der Waals surface area contributed by atoms with Crippen LogP contribution >= 0.6 is 0 Å². The van der Waals surface area contributed by atoms with Gasteiger partial charge in [0.25, 0.3) is 0 Å². The van der Waals surface area contributed by atoms with Crippen molar-refractivity contribution in [2.24, 2.45) is 0 Å². The van der Waals surface area contributed by atoms with E-state index in [9.17, 15) is 4.79 Å². The van der Waals surface area contributed by atoms with E-state index in [1.807, 2.05) is 84.9 Å². The Morgan fingerprint density at radius 2 is 1.44 bits per heavy atom. The van der Waals surface area contributed by atoms with Gasteiger partial charge < -0.3 is 9.15 Å². The molecule has 0 saturated heterocycles. The second kappa shape index (κ2) is 7.38. The Hall–Kier alpha value is -3.53. The van der Waals surface area contributed by atoms with Crippen LogP contribution in [0.3, 0.4) is 0 Å². The van der Waals surface area contributed by atoms with Gasteiger partial charge in [-0.15, -0.1) is 0 Å². The highest BCUT2D eigenvalue weighted by Gasteiger charge is 2.20. The van der Waals surface area contributed by atoms with Gasteiger partial charge in [-0.05, 0) is 29.8 Å². The number of oxazole rings is 1. The standard InChI is InChI=1S/C23H19NO3/c1-26-20-14-12-18(13-15-20)21-22(19-10-6-3-7-11-19)27-23(25)24(21)16-17-8-4-2-5-9-17/h2-15H,16H2,1H3. The number of nitrogens with zero attached hydrogens (tertiary/aromatic N) is 1. The molecular weight excluding hydrogens is 338 g/mol. The second-order valence-corrected chi connectivity index (χ2v) is 6.21. The van der Waals surface area contributed by atoms with E-state index >= 15 is 0 Å². The lowest BCUT2D eigenvalue weighted by atomic mass is 10.0. The summed E-state index contributed by atoms with van der Waals surface area (Å²) in [5.74, 6) is 0.964. The van der Waals surface area contributed by atoms with Crippen LogP contribution in [0.15, 0.2) is 94.1 Å². The highest BCUT2D eigenvalue weighted by molar-refractivity contribution is 5.77. The molecule has 1 heterocycles. The largest absolute Gasteiger partial charge is 0.497 e. The van der Waals surface area contributed by atoms with Gasteiger partial charge in [0.15, 0.2) is 5.76 Å². The average molecular weight is 357 g/mol. The number of hydrogen-bond acceptors (Lipinski definition) is 3. The van der Waals surface area contributed by atoms with Crippen LogP contribution in [0, 0.1) is 0 Å². The van der Waals surface area contributed by atoms with E-state index in [1.54, 1.807) is 11.7 Å². The molecule has 0 radical (unpaired) electrons. The third kappa shape index (κ3) is 3.42. The fourth-order valence-corrected chi connectivity index (χ4v) is 3.14. The quantitative estimate of drug-likeness (QED) is 0.514. The van der Waals surface area contributed by atoms with E-state index in [0.29, 0.717) is 12.3 Å². The average Bonchev–Trinajstić information content (AvgIpc) is 3.06. The molecule has 0 atom stereocenters. The van der Waals surface area contributed by atoms with E-state index in [2.05, 4.69) is 0 Å².